The zero-order valence-electron chi connectivity index (χ0n) is 21.1. The maximum absolute atomic E-state index is 13.1. The van der Waals surface area contributed by atoms with Gasteiger partial charge in [0.2, 0.25) is 5.95 Å². The monoisotopic (exact) mass is 522 g/mol. The van der Waals surface area contributed by atoms with Gasteiger partial charge in [-0.25, -0.2) is 15.0 Å². The van der Waals surface area contributed by atoms with Gasteiger partial charge in [-0.05, 0) is 56.7 Å². The van der Waals surface area contributed by atoms with Crippen molar-refractivity contribution in [1.82, 2.24) is 30.2 Å². The molecule has 3 aromatic rings. The lowest BCUT2D eigenvalue weighted by molar-refractivity contribution is 0.0893. The first kappa shape index (κ1) is 25.2. The van der Waals surface area contributed by atoms with E-state index in [0.29, 0.717) is 45.9 Å². The standard InChI is InChI=1S/C26H31ClN8O2/c1-34-10-6-26(7-11-34)16-35(17-26)25-32-14-19(24(36)31-15-22-28-8-3-9-29-22)23(33-25)30-13-18-4-5-21(37-2)20(27)12-18/h3-5,8-9,12,14H,6-7,10-11,13,15-17H2,1-2H3,(H,31,36)(H,30,32,33). The molecule has 0 bridgehead atoms. The fourth-order valence-electron chi connectivity index (χ4n) is 4.82. The molecule has 1 aromatic carbocycles. The van der Waals surface area contributed by atoms with E-state index < -0.39 is 0 Å². The molecule has 0 aliphatic carbocycles. The second kappa shape index (κ2) is 10.9. The summed E-state index contributed by atoms with van der Waals surface area (Å²) in [4.78, 5) is 35.3. The molecule has 0 unspecified atom stereocenters. The number of nitrogens with one attached hydrogen (secondary N) is 2. The average molecular weight is 523 g/mol. The minimum atomic E-state index is -0.301. The Morgan fingerprint density at radius 3 is 2.59 bits per heavy atom. The highest BCUT2D eigenvalue weighted by atomic mass is 35.5. The first-order valence-electron chi connectivity index (χ1n) is 12.4. The molecule has 0 atom stereocenters. The summed E-state index contributed by atoms with van der Waals surface area (Å²) >= 11 is 6.30. The number of anilines is 2. The highest BCUT2D eigenvalue weighted by molar-refractivity contribution is 6.32. The number of carbonyl (C=O) groups excluding carboxylic acids is 1. The molecule has 194 valence electrons. The number of halogens is 1. The lowest BCUT2D eigenvalue weighted by Gasteiger charge is -2.53. The van der Waals surface area contributed by atoms with Gasteiger partial charge in [0.1, 0.15) is 23.0 Å². The molecule has 0 saturated carbocycles. The molecular formula is C26H31ClN8O2. The van der Waals surface area contributed by atoms with Gasteiger partial charge in [0.25, 0.3) is 5.91 Å². The molecular weight excluding hydrogens is 492 g/mol. The minimum Gasteiger partial charge on any atom is -0.495 e. The molecule has 4 heterocycles. The van der Waals surface area contributed by atoms with Gasteiger partial charge in [-0.2, -0.15) is 4.98 Å². The summed E-state index contributed by atoms with van der Waals surface area (Å²) in [5, 5.41) is 6.71. The maximum atomic E-state index is 13.1. The summed E-state index contributed by atoms with van der Waals surface area (Å²) in [5.74, 6) is 1.93. The molecule has 1 spiro atoms. The Labute approximate surface area is 221 Å². The minimum absolute atomic E-state index is 0.206. The number of rotatable bonds is 8. The molecule has 37 heavy (non-hydrogen) atoms. The Balaban J connectivity index is 1.32. The first-order valence-corrected chi connectivity index (χ1v) is 12.7. The smallest absolute Gasteiger partial charge is 0.256 e. The number of piperidine rings is 1. The quantitative estimate of drug-likeness (QED) is 0.461. The number of nitrogens with zero attached hydrogens (tertiary/aromatic N) is 6. The number of benzene rings is 1. The zero-order valence-corrected chi connectivity index (χ0v) is 21.8. The van der Waals surface area contributed by atoms with Crippen molar-refractivity contribution in [3.8, 4) is 5.75 Å². The summed E-state index contributed by atoms with van der Waals surface area (Å²) < 4.78 is 5.25. The summed E-state index contributed by atoms with van der Waals surface area (Å²) in [6, 6.07) is 7.31. The largest absolute Gasteiger partial charge is 0.495 e. The number of carbonyl (C=O) groups is 1. The molecule has 10 nitrogen and oxygen atoms in total. The van der Waals surface area contributed by atoms with Crippen molar-refractivity contribution < 1.29 is 9.53 Å². The number of amides is 1. The predicted octanol–water partition coefficient (Wildman–Crippen LogP) is 3.00. The van der Waals surface area contributed by atoms with E-state index in [2.05, 4.69) is 42.4 Å². The molecule has 2 aliphatic heterocycles. The van der Waals surface area contributed by atoms with E-state index in [1.54, 1.807) is 31.8 Å². The van der Waals surface area contributed by atoms with E-state index in [0.717, 1.165) is 31.7 Å². The van der Waals surface area contributed by atoms with Gasteiger partial charge in [-0.3, -0.25) is 4.79 Å². The van der Waals surface area contributed by atoms with Gasteiger partial charge in [-0.1, -0.05) is 17.7 Å². The van der Waals surface area contributed by atoms with Crippen molar-refractivity contribution in [3.05, 3.63) is 64.8 Å². The van der Waals surface area contributed by atoms with E-state index >= 15 is 0 Å². The third kappa shape index (κ3) is 5.75. The van der Waals surface area contributed by atoms with E-state index in [1.807, 2.05) is 18.2 Å². The lowest BCUT2D eigenvalue weighted by Crippen LogP contribution is -2.60. The Hall–Kier alpha value is -3.50. The van der Waals surface area contributed by atoms with Crippen LogP contribution in [0.1, 0.15) is 34.6 Å². The van der Waals surface area contributed by atoms with Crippen LogP contribution in [0.3, 0.4) is 0 Å². The maximum Gasteiger partial charge on any atom is 0.256 e. The van der Waals surface area contributed by atoms with Crippen LogP contribution >= 0.6 is 11.6 Å². The number of likely N-dealkylation sites (tertiary alicyclic amines) is 1. The third-order valence-electron chi connectivity index (χ3n) is 7.11. The van der Waals surface area contributed by atoms with Crippen molar-refractivity contribution >= 4 is 29.3 Å². The van der Waals surface area contributed by atoms with Crippen molar-refractivity contribution in [2.24, 2.45) is 5.41 Å². The van der Waals surface area contributed by atoms with Crippen molar-refractivity contribution in [2.75, 3.05) is 50.6 Å². The fourth-order valence-corrected chi connectivity index (χ4v) is 5.10. The molecule has 11 heteroatoms. The van der Waals surface area contributed by atoms with Crippen LogP contribution < -0.4 is 20.3 Å². The molecule has 0 radical (unpaired) electrons. The molecule has 2 aliphatic rings. The van der Waals surface area contributed by atoms with E-state index in [9.17, 15) is 4.79 Å². The second-order valence-corrected chi connectivity index (χ2v) is 10.2. The van der Waals surface area contributed by atoms with Crippen LogP contribution in [0, 0.1) is 5.41 Å². The Morgan fingerprint density at radius 2 is 1.89 bits per heavy atom. The fraction of sp³-hybridized carbons (Fsp3) is 0.423. The van der Waals surface area contributed by atoms with E-state index in [4.69, 9.17) is 21.3 Å². The number of methoxy groups -OCH3 is 1. The van der Waals surface area contributed by atoms with Crippen LogP contribution in [0.5, 0.6) is 5.75 Å². The Kier molecular flexibility index (Phi) is 7.38. The van der Waals surface area contributed by atoms with Gasteiger partial charge in [-0.15, -0.1) is 0 Å². The zero-order chi connectivity index (χ0) is 25.8. The topological polar surface area (TPSA) is 108 Å². The van der Waals surface area contributed by atoms with E-state index in [1.165, 1.54) is 12.8 Å². The molecule has 2 fully saturated rings. The SMILES string of the molecule is COc1ccc(CNc2nc(N3CC4(CCN(C)CC4)C3)ncc2C(=O)NCc2ncccn2)cc1Cl. The first-order chi connectivity index (χ1) is 17.9. The van der Waals surface area contributed by atoms with Gasteiger partial charge >= 0.3 is 0 Å². The van der Waals surface area contributed by atoms with Crippen molar-refractivity contribution in [3.63, 3.8) is 0 Å². The van der Waals surface area contributed by atoms with E-state index in [-0.39, 0.29) is 12.5 Å². The average Bonchev–Trinajstić information content (AvgIpc) is 2.90. The van der Waals surface area contributed by atoms with Crippen LogP contribution in [0.15, 0.2) is 42.9 Å². The lowest BCUT2D eigenvalue weighted by atomic mass is 9.72. The van der Waals surface area contributed by atoms with Crippen molar-refractivity contribution in [1.29, 1.82) is 0 Å². The number of hydrogen-bond acceptors (Lipinski definition) is 9. The molecule has 2 N–H and O–H groups in total. The number of aromatic nitrogens is 4. The van der Waals surface area contributed by atoms with Gasteiger partial charge in [0, 0.05) is 43.6 Å². The van der Waals surface area contributed by atoms with Gasteiger partial charge in [0.05, 0.1) is 18.7 Å². The van der Waals surface area contributed by atoms with Crippen LogP contribution in [0.4, 0.5) is 11.8 Å². The summed E-state index contributed by atoms with van der Waals surface area (Å²) in [6.07, 6.45) is 7.25. The second-order valence-electron chi connectivity index (χ2n) is 9.76. The van der Waals surface area contributed by atoms with Crippen LogP contribution in [0.25, 0.3) is 0 Å². The summed E-state index contributed by atoms with van der Waals surface area (Å²) in [7, 11) is 3.76. The Bertz CT molecular complexity index is 1240. The third-order valence-corrected chi connectivity index (χ3v) is 7.40. The molecule has 2 aromatic heterocycles. The predicted molar refractivity (Wildman–Crippen MR) is 142 cm³/mol. The highest BCUT2D eigenvalue weighted by Crippen LogP contribution is 2.41. The molecule has 1 amide bonds. The summed E-state index contributed by atoms with van der Waals surface area (Å²) in [5.41, 5.74) is 1.63. The van der Waals surface area contributed by atoms with Gasteiger partial charge < -0.3 is 25.2 Å². The summed E-state index contributed by atoms with van der Waals surface area (Å²) in [6.45, 7) is 4.75. The van der Waals surface area contributed by atoms with Crippen LogP contribution in [-0.2, 0) is 13.1 Å². The van der Waals surface area contributed by atoms with Crippen LogP contribution in [-0.4, -0.2) is 71.1 Å². The van der Waals surface area contributed by atoms with Crippen molar-refractivity contribution in [2.45, 2.75) is 25.9 Å². The number of hydrogen-bond donors (Lipinski definition) is 2. The molecule has 2 saturated heterocycles. The molecule has 5 rings (SSSR count). The van der Waals surface area contributed by atoms with Gasteiger partial charge in [0.15, 0.2) is 0 Å². The number of ether oxygens (including phenoxy) is 1. The Morgan fingerprint density at radius 1 is 1.14 bits per heavy atom. The van der Waals surface area contributed by atoms with Crippen LogP contribution in [0.2, 0.25) is 5.02 Å². The normalized spacial score (nSPS) is 16.8. The highest BCUT2D eigenvalue weighted by Gasteiger charge is 2.45.